The Morgan fingerprint density at radius 1 is 1.42 bits per heavy atom. The zero-order valence-electron chi connectivity index (χ0n) is 10.5. The fourth-order valence-electron chi connectivity index (χ4n) is 1.61. The highest BCUT2D eigenvalue weighted by atomic mass is 32.2. The summed E-state index contributed by atoms with van der Waals surface area (Å²) >= 11 is 1.59. The molecule has 0 aliphatic carbocycles. The summed E-state index contributed by atoms with van der Waals surface area (Å²) in [5.41, 5.74) is 7.75. The number of ether oxygens (including phenoxy) is 1. The number of thioether (sulfide) groups is 1. The van der Waals surface area contributed by atoms with Crippen molar-refractivity contribution >= 4 is 17.4 Å². The van der Waals surface area contributed by atoms with Crippen molar-refractivity contribution in [3.8, 4) is 11.8 Å². The van der Waals surface area contributed by atoms with Gasteiger partial charge in [-0.15, -0.1) is 11.8 Å². The van der Waals surface area contributed by atoms with Crippen LogP contribution >= 0.6 is 11.8 Å². The Balaban J connectivity index is 2.17. The molecule has 96 valence electrons. The molecule has 0 fully saturated rings. The van der Waals surface area contributed by atoms with Gasteiger partial charge in [0.2, 0.25) is 0 Å². The van der Waals surface area contributed by atoms with Gasteiger partial charge in [0.1, 0.15) is 17.5 Å². The zero-order valence-corrected chi connectivity index (χ0v) is 11.3. The van der Waals surface area contributed by atoms with Gasteiger partial charge in [0.05, 0.1) is 7.11 Å². The summed E-state index contributed by atoms with van der Waals surface area (Å²) in [6, 6.07) is 11.4. The highest BCUT2D eigenvalue weighted by molar-refractivity contribution is 7.98. The summed E-state index contributed by atoms with van der Waals surface area (Å²) in [4.78, 5) is 5.03. The van der Waals surface area contributed by atoms with Gasteiger partial charge in [-0.2, -0.15) is 5.26 Å². The monoisotopic (exact) mass is 271 g/mol. The smallest absolute Gasteiger partial charge is 0.144 e. The molecule has 4 nitrogen and oxygen atoms in total. The Kier molecular flexibility index (Phi) is 4.26. The van der Waals surface area contributed by atoms with Gasteiger partial charge in [-0.25, -0.2) is 4.98 Å². The van der Waals surface area contributed by atoms with Crippen LogP contribution in [0.5, 0.6) is 5.75 Å². The number of nitriles is 1. The maximum absolute atomic E-state index is 8.99. The number of benzene rings is 1. The Labute approximate surface area is 116 Å². The predicted molar refractivity (Wildman–Crippen MR) is 75.9 cm³/mol. The van der Waals surface area contributed by atoms with E-state index >= 15 is 0 Å². The molecule has 19 heavy (non-hydrogen) atoms. The van der Waals surface area contributed by atoms with E-state index in [0.717, 1.165) is 16.2 Å². The number of nitrogens with two attached hydrogens (primary N) is 1. The highest BCUT2D eigenvalue weighted by Crippen LogP contribution is 2.33. The van der Waals surface area contributed by atoms with Crippen molar-refractivity contribution in [1.82, 2.24) is 4.98 Å². The lowest BCUT2D eigenvalue weighted by Gasteiger charge is -2.09. The normalized spacial score (nSPS) is 9.89. The van der Waals surface area contributed by atoms with E-state index in [4.69, 9.17) is 15.7 Å². The fraction of sp³-hybridized carbons (Fsp3) is 0.143. The molecule has 0 saturated heterocycles. The van der Waals surface area contributed by atoms with Crippen molar-refractivity contribution in [1.29, 1.82) is 5.26 Å². The number of nitrogens with zero attached hydrogens (tertiary/aromatic N) is 2. The van der Waals surface area contributed by atoms with Crippen molar-refractivity contribution in [3.05, 3.63) is 47.8 Å². The van der Waals surface area contributed by atoms with Gasteiger partial charge in [-0.05, 0) is 23.8 Å². The van der Waals surface area contributed by atoms with E-state index in [1.165, 1.54) is 0 Å². The standard InChI is InChI=1S/C14H13N3OS/c1-18-13-7-11(16)4-5-14(13)19-9-10-3-2-6-17-12(10)8-15/h2-7H,9,16H2,1H3. The lowest BCUT2D eigenvalue weighted by molar-refractivity contribution is 0.405. The second-order valence-corrected chi connectivity index (χ2v) is 4.84. The van der Waals surface area contributed by atoms with Crippen LogP contribution in [0.2, 0.25) is 0 Å². The minimum atomic E-state index is 0.462. The Hall–Kier alpha value is -2.19. The summed E-state index contributed by atoms with van der Waals surface area (Å²) < 4.78 is 5.29. The van der Waals surface area contributed by atoms with Crippen LogP contribution in [0.25, 0.3) is 0 Å². The van der Waals surface area contributed by atoms with Crippen molar-refractivity contribution in [3.63, 3.8) is 0 Å². The van der Waals surface area contributed by atoms with E-state index < -0.39 is 0 Å². The van der Waals surface area contributed by atoms with E-state index in [1.54, 1.807) is 31.1 Å². The molecule has 0 saturated carbocycles. The minimum absolute atomic E-state index is 0.462. The minimum Gasteiger partial charge on any atom is -0.496 e. The summed E-state index contributed by atoms with van der Waals surface area (Å²) in [5.74, 6) is 1.41. The maximum atomic E-state index is 8.99. The highest BCUT2D eigenvalue weighted by Gasteiger charge is 2.07. The third kappa shape index (κ3) is 3.18. The average molecular weight is 271 g/mol. The van der Waals surface area contributed by atoms with Gasteiger partial charge >= 0.3 is 0 Å². The molecule has 0 spiro atoms. The molecule has 1 heterocycles. The number of nitrogen functional groups attached to an aromatic ring is 1. The molecule has 2 aromatic rings. The van der Waals surface area contributed by atoms with Crippen LogP contribution < -0.4 is 10.5 Å². The third-order valence-corrected chi connectivity index (χ3v) is 3.67. The molecule has 0 bridgehead atoms. The topological polar surface area (TPSA) is 71.9 Å². The number of methoxy groups -OCH3 is 1. The first-order valence-corrected chi connectivity index (χ1v) is 6.63. The van der Waals surface area contributed by atoms with Crippen LogP contribution in [0.15, 0.2) is 41.4 Å². The second-order valence-electron chi connectivity index (χ2n) is 3.82. The number of hydrogen-bond donors (Lipinski definition) is 1. The van der Waals surface area contributed by atoms with Gasteiger partial charge in [-0.1, -0.05) is 6.07 Å². The van der Waals surface area contributed by atoms with Crippen LogP contribution in [0.1, 0.15) is 11.3 Å². The molecular formula is C14H13N3OS. The molecule has 0 aliphatic heterocycles. The zero-order chi connectivity index (χ0) is 13.7. The fourth-order valence-corrected chi connectivity index (χ4v) is 2.61. The lowest BCUT2D eigenvalue weighted by Crippen LogP contribution is -1.93. The molecular weight excluding hydrogens is 258 g/mol. The molecule has 0 atom stereocenters. The van der Waals surface area contributed by atoms with Gasteiger partial charge in [-0.3, -0.25) is 0 Å². The Morgan fingerprint density at radius 2 is 2.26 bits per heavy atom. The van der Waals surface area contributed by atoms with Crippen molar-refractivity contribution < 1.29 is 4.74 Å². The van der Waals surface area contributed by atoms with E-state index in [0.29, 0.717) is 17.1 Å². The Morgan fingerprint density at radius 3 is 3.00 bits per heavy atom. The van der Waals surface area contributed by atoms with Crippen molar-refractivity contribution in [2.24, 2.45) is 0 Å². The lowest BCUT2D eigenvalue weighted by atomic mass is 10.2. The van der Waals surface area contributed by atoms with Crippen LogP contribution in [0.3, 0.4) is 0 Å². The van der Waals surface area contributed by atoms with Crippen LogP contribution in [-0.2, 0) is 5.75 Å². The Bertz CT molecular complexity index is 622. The van der Waals surface area contributed by atoms with E-state index in [-0.39, 0.29) is 0 Å². The summed E-state index contributed by atoms with van der Waals surface area (Å²) in [5, 5.41) is 8.99. The predicted octanol–water partition coefficient (Wildman–Crippen LogP) is 2.84. The molecule has 2 N–H and O–H groups in total. The van der Waals surface area contributed by atoms with Gasteiger partial charge < -0.3 is 10.5 Å². The van der Waals surface area contributed by atoms with E-state index in [2.05, 4.69) is 11.1 Å². The molecule has 0 radical (unpaired) electrons. The van der Waals surface area contributed by atoms with Crippen molar-refractivity contribution in [2.75, 3.05) is 12.8 Å². The summed E-state index contributed by atoms with van der Waals surface area (Å²) in [6.07, 6.45) is 1.62. The first kappa shape index (κ1) is 13.2. The number of aromatic nitrogens is 1. The largest absolute Gasteiger partial charge is 0.496 e. The first-order valence-electron chi connectivity index (χ1n) is 5.65. The SMILES string of the molecule is COc1cc(N)ccc1SCc1cccnc1C#N. The summed E-state index contributed by atoms with van der Waals surface area (Å²) in [6.45, 7) is 0. The first-order chi connectivity index (χ1) is 9.24. The second kappa shape index (κ2) is 6.12. The molecule has 0 aliphatic rings. The van der Waals surface area contributed by atoms with Crippen molar-refractivity contribution in [2.45, 2.75) is 10.6 Å². The average Bonchev–Trinajstić information content (AvgIpc) is 2.46. The van der Waals surface area contributed by atoms with Crippen LogP contribution in [-0.4, -0.2) is 12.1 Å². The number of rotatable bonds is 4. The molecule has 0 unspecified atom stereocenters. The number of anilines is 1. The molecule has 2 rings (SSSR count). The van der Waals surface area contributed by atoms with E-state index in [9.17, 15) is 0 Å². The molecule has 1 aromatic heterocycles. The number of hydrogen-bond acceptors (Lipinski definition) is 5. The molecule has 0 amide bonds. The van der Waals surface area contributed by atoms with Gasteiger partial charge in [0.25, 0.3) is 0 Å². The number of pyridine rings is 1. The third-order valence-electron chi connectivity index (χ3n) is 2.57. The van der Waals surface area contributed by atoms with Gasteiger partial charge in [0.15, 0.2) is 0 Å². The van der Waals surface area contributed by atoms with Crippen LogP contribution in [0.4, 0.5) is 5.69 Å². The molecule has 5 heteroatoms. The van der Waals surface area contributed by atoms with E-state index in [1.807, 2.05) is 24.3 Å². The molecule has 1 aromatic carbocycles. The maximum Gasteiger partial charge on any atom is 0.144 e. The van der Waals surface area contributed by atoms with Gasteiger partial charge in [0, 0.05) is 28.6 Å². The summed E-state index contributed by atoms with van der Waals surface area (Å²) in [7, 11) is 1.61. The quantitative estimate of drug-likeness (QED) is 0.684. The van der Waals surface area contributed by atoms with Crippen LogP contribution in [0, 0.1) is 11.3 Å².